The van der Waals surface area contributed by atoms with E-state index in [0.717, 1.165) is 18.8 Å². The van der Waals surface area contributed by atoms with Crippen molar-refractivity contribution in [3.8, 4) is 6.07 Å². The number of nitrogens with zero attached hydrogens (tertiary/aromatic N) is 1. The molecule has 0 aromatic rings. The Kier molecular flexibility index (Phi) is 13.2. The summed E-state index contributed by atoms with van der Waals surface area (Å²) in [4.78, 5) is 0. The fourth-order valence-electron chi connectivity index (χ4n) is 1.39. The molecule has 0 N–H and O–H groups in total. The Hall–Kier alpha value is -0.510. The van der Waals surface area contributed by atoms with Crippen LogP contribution in [-0.2, 0) is 0 Å². The SMILES string of the molecule is CC.CC.CC1CCC(C#N)CC1. The van der Waals surface area contributed by atoms with Gasteiger partial charge in [-0.15, -0.1) is 0 Å². The second kappa shape index (κ2) is 11.5. The van der Waals surface area contributed by atoms with Gasteiger partial charge in [-0.05, 0) is 31.6 Å². The maximum absolute atomic E-state index is 8.53. The van der Waals surface area contributed by atoms with E-state index in [1.165, 1.54) is 12.8 Å². The van der Waals surface area contributed by atoms with Crippen LogP contribution in [0.5, 0.6) is 0 Å². The Balaban J connectivity index is 0. The molecule has 0 heterocycles. The van der Waals surface area contributed by atoms with Crippen molar-refractivity contribution in [2.24, 2.45) is 11.8 Å². The number of rotatable bonds is 0. The van der Waals surface area contributed by atoms with Gasteiger partial charge in [0.05, 0.1) is 6.07 Å². The Morgan fingerprint density at radius 1 is 0.923 bits per heavy atom. The van der Waals surface area contributed by atoms with Gasteiger partial charge < -0.3 is 0 Å². The lowest BCUT2D eigenvalue weighted by Gasteiger charge is -2.20. The average Bonchev–Trinajstić information content (AvgIpc) is 2.25. The highest BCUT2D eigenvalue weighted by molar-refractivity contribution is 4.85. The summed E-state index contributed by atoms with van der Waals surface area (Å²) in [6, 6.07) is 2.32. The van der Waals surface area contributed by atoms with Crippen LogP contribution < -0.4 is 0 Å². The van der Waals surface area contributed by atoms with E-state index < -0.39 is 0 Å². The van der Waals surface area contributed by atoms with Gasteiger partial charge in [-0.1, -0.05) is 34.6 Å². The van der Waals surface area contributed by atoms with Crippen LogP contribution in [0.2, 0.25) is 0 Å². The average molecular weight is 183 g/mol. The molecule has 0 aromatic heterocycles. The normalized spacial score (nSPS) is 25.5. The molecule has 0 saturated heterocycles. The molecular formula is C12H25N. The molecule has 1 rings (SSSR count). The number of nitriles is 1. The van der Waals surface area contributed by atoms with E-state index in [4.69, 9.17) is 5.26 Å². The second-order valence-electron chi connectivity index (χ2n) is 3.09. The Bertz CT molecular complexity index is 116. The van der Waals surface area contributed by atoms with Gasteiger partial charge in [0.2, 0.25) is 0 Å². The van der Waals surface area contributed by atoms with Crippen molar-refractivity contribution < 1.29 is 0 Å². The summed E-state index contributed by atoms with van der Waals surface area (Å²) in [6.45, 7) is 10.3. The molecule has 1 heteroatoms. The van der Waals surface area contributed by atoms with E-state index in [0.29, 0.717) is 5.92 Å². The van der Waals surface area contributed by atoms with Gasteiger partial charge in [-0.25, -0.2) is 0 Å². The molecular weight excluding hydrogens is 158 g/mol. The van der Waals surface area contributed by atoms with Crippen molar-refractivity contribution in [2.75, 3.05) is 0 Å². The first-order valence-corrected chi connectivity index (χ1v) is 5.72. The van der Waals surface area contributed by atoms with E-state index in [9.17, 15) is 0 Å². The molecule has 0 amide bonds. The van der Waals surface area contributed by atoms with Crippen molar-refractivity contribution >= 4 is 0 Å². The molecule has 0 spiro atoms. The van der Waals surface area contributed by atoms with Crippen molar-refractivity contribution in [3.05, 3.63) is 0 Å². The Morgan fingerprint density at radius 3 is 1.62 bits per heavy atom. The zero-order valence-electron chi connectivity index (χ0n) is 9.93. The summed E-state index contributed by atoms with van der Waals surface area (Å²) in [5.41, 5.74) is 0. The lowest BCUT2D eigenvalue weighted by molar-refractivity contribution is 0.336. The predicted molar refractivity (Wildman–Crippen MR) is 59.4 cm³/mol. The zero-order chi connectivity index (χ0) is 10.7. The lowest BCUT2D eigenvalue weighted by Crippen LogP contribution is -2.09. The first-order chi connectivity index (χ1) is 6.33. The molecule has 1 nitrogen and oxygen atoms in total. The van der Waals surface area contributed by atoms with Gasteiger partial charge in [0, 0.05) is 5.92 Å². The Morgan fingerprint density at radius 2 is 1.31 bits per heavy atom. The molecule has 0 aliphatic heterocycles. The molecule has 13 heavy (non-hydrogen) atoms. The van der Waals surface area contributed by atoms with Crippen LogP contribution in [0.3, 0.4) is 0 Å². The third-order valence-corrected chi connectivity index (χ3v) is 2.20. The molecule has 1 aliphatic carbocycles. The smallest absolute Gasteiger partial charge is 0.0655 e. The summed E-state index contributed by atoms with van der Waals surface area (Å²) in [5, 5.41) is 8.53. The fraction of sp³-hybridized carbons (Fsp3) is 0.917. The molecule has 0 radical (unpaired) electrons. The maximum Gasteiger partial charge on any atom is 0.0655 e. The van der Waals surface area contributed by atoms with E-state index in [1.807, 2.05) is 27.7 Å². The first kappa shape index (κ1) is 15.0. The van der Waals surface area contributed by atoms with Crippen LogP contribution in [0, 0.1) is 23.2 Å². The highest BCUT2D eigenvalue weighted by atomic mass is 14.3. The summed E-state index contributed by atoms with van der Waals surface area (Å²) >= 11 is 0. The van der Waals surface area contributed by atoms with Crippen LogP contribution in [0.4, 0.5) is 0 Å². The minimum Gasteiger partial charge on any atom is -0.198 e. The quantitative estimate of drug-likeness (QED) is 0.546. The van der Waals surface area contributed by atoms with Gasteiger partial charge in [-0.3, -0.25) is 0 Å². The highest BCUT2D eigenvalue weighted by Gasteiger charge is 2.16. The third kappa shape index (κ3) is 7.84. The van der Waals surface area contributed by atoms with Gasteiger partial charge in [-0.2, -0.15) is 5.26 Å². The molecule has 1 aliphatic rings. The van der Waals surface area contributed by atoms with Crippen LogP contribution in [0.25, 0.3) is 0 Å². The minimum atomic E-state index is 0.376. The zero-order valence-corrected chi connectivity index (χ0v) is 9.93. The van der Waals surface area contributed by atoms with Crippen molar-refractivity contribution in [1.29, 1.82) is 5.26 Å². The summed E-state index contributed by atoms with van der Waals surface area (Å²) in [7, 11) is 0. The molecule has 0 unspecified atom stereocenters. The van der Waals surface area contributed by atoms with E-state index in [-0.39, 0.29) is 0 Å². The summed E-state index contributed by atoms with van der Waals surface area (Å²) in [6.07, 6.45) is 4.80. The minimum absolute atomic E-state index is 0.376. The van der Waals surface area contributed by atoms with Crippen molar-refractivity contribution in [2.45, 2.75) is 60.3 Å². The van der Waals surface area contributed by atoms with Gasteiger partial charge in [0.25, 0.3) is 0 Å². The fourth-order valence-corrected chi connectivity index (χ4v) is 1.39. The summed E-state index contributed by atoms with van der Waals surface area (Å²) in [5.74, 6) is 1.25. The van der Waals surface area contributed by atoms with E-state index in [2.05, 4.69) is 13.0 Å². The first-order valence-electron chi connectivity index (χ1n) is 5.72. The lowest BCUT2D eigenvalue weighted by atomic mass is 9.84. The van der Waals surface area contributed by atoms with Crippen molar-refractivity contribution in [1.82, 2.24) is 0 Å². The number of hydrogen-bond donors (Lipinski definition) is 0. The van der Waals surface area contributed by atoms with Gasteiger partial charge in [0.1, 0.15) is 0 Å². The molecule has 0 atom stereocenters. The maximum atomic E-state index is 8.53. The monoisotopic (exact) mass is 183 g/mol. The van der Waals surface area contributed by atoms with Crippen LogP contribution in [0.15, 0.2) is 0 Å². The molecule has 78 valence electrons. The largest absolute Gasteiger partial charge is 0.198 e. The Labute approximate surface area is 84.2 Å². The number of hydrogen-bond acceptors (Lipinski definition) is 1. The predicted octanol–water partition coefficient (Wildman–Crippen LogP) is 4.39. The molecule has 1 fully saturated rings. The van der Waals surface area contributed by atoms with Gasteiger partial charge in [0.15, 0.2) is 0 Å². The topological polar surface area (TPSA) is 23.8 Å². The van der Waals surface area contributed by atoms with E-state index in [1.54, 1.807) is 0 Å². The van der Waals surface area contributed by atoms with Gasteiger partial charge >= 0.3 is 0 Å². The second-order valence-corrected chi connectivity index (χ2v) is 3.09. The standard InChI is InChI=1S/C8H13N.2C2H6/c1-7-2-4-8(6-9)5-3-7;2*1-2/h7-8H,2-5H2,1H3;2*1-2H3. The van der Waals surface area contributed by atoms with E-state index >= 15 is 0 Å². The van der Waals surface area contributed by atoms with Crippen molar-refractivity contribution in [3.63, 3.8) is 0 Å². The molecule has 0 bridgehead atoms. The molecule has 0 aromatic carbocycles. The van der Waals surface area contributed by atoms with Crippen LogP contribution in [0.1, 0.15) is 60.3 Å². The third-order valence-electron chi connectivity index (χ3n) is 2.20. The molecule has 1 saturated carbocycles. The summed E-state index contributed by atoms with van der Waals surface area (Å²) < 4.78 is 0. The highest BCUT2D eigenvalue weighted by Crippen LogP contribution is 2.27. The van der Waals surface area contributed by atoms with Crippen LogP contribution in [-0.4, -0.2) is 0 Å². The van der Waals surface area contributed by atoms with Crippen LogP contribution >= 0.6 is 0 Å².